The maximum absolute atomic E-state index is 12.9. The Morgan fingerprint density at radius 2 is 1.71 bits per heavy atom. The van der Waals surface area contributed by atoms with Gasteiger partial charge in [0.25, 0.3) is 0 Å². The number of ether oxygens (including phenoxy) is 1. The standard InChI is InChI=1S/C22H25FN2O3/c1-28-20-8-4-17(5-9-20)22(27)18-10-12-25(13-11-18)15-21(26)24-14-16-2-6-19(23)7-3-16/h2-9,18H,10-15H2,1H3,(H,24,26). The van der Waals surface area contributed by atoms with E-state index in [4.69, 9.17) is 4.74 Å². The number of rotatable bonds is 7. The zero-order valence-electron chi connectivity index (χ0n) is 16.0. The topological polar surface area (TPSA) is 58.6 Å². The molecule has 1 heterocycles. The van der Waals surface area contributed by atoms with Gasteiger partial charge in [0.1, 0.15) is 11.6 Å². The van der Waals surface area contributed by atoms with Crippen molar-refractivity contribution in [2.24, 2.45) is 5.92 Å². The third kappa shape index (κ3) is 5.39. The number of piperidine rings is 1. The molecule has 0 spiro atoms. The molecule has 1 amide bonds. The number of carbonyl (C=O) groups is 2. The molecule has 6 heteroatoms. The van der Waals surface area contributed by atoms with Crippen LogP contribution in [0.15, 0.2) is 48.5 Å². The molecule has 28 heavy (non-hydrogen) atoms. The van der Waals surface area contributed by atoms with Crippen LogP contribution in [0, 0.1) is 11.7 Å². The SMILES string of the molecule is COc1ccc(C(=O)C2CCN(CC(=O)NCc3ccc(F)cc3)CC2)cc1. The molecule has 148 valence electrons. The third-order valence-electron chi connectivity index (χ3n) is 5.10. The molecular formula is C22H25FN2O3. The molecule has 2 aromatic carbocycles. The van der Waals surface area contributed by atoms with E-state index in [1.54, 1.807) is 43.5 Å². The number of hydrogen-bond donors (Lipinski definition) is 1. The van der Waals surface area contributed by atoms with Gasteiger partial charge in [0.2, 0.25) is 5.91 Å². The summed E-state index contributed by atoms with van der Waals surface area (Å²) in [4.78, 5) is 26.9. The van der Waals surface area contributed by atoms with Crippen molar-refractivity contribution < 1.29 is 18.7 Å². The van der Waals surface area contributed by atoms with Crippen LogP contribution in [0.4, 0.5) is 4.39 Å². The highest BCUT2D eigenvalue weighted by atomic mass is 19.1. The van der Waals surface area contributed by atoms with Gasteiger partial charge in [0.05, 0.1) is 13.7 Å². The lowest BCUT2D eigenvalue weighted by molar-refractivity contribution is -0.122. The summed E-state index contributed by atoms with van der Waals surface area (Å²) in [5, 5.41) is 2.85. The summed E-state index contributed by atoms with van der Waals surface area (Å²) in [6.07, 6.45) is 1.49. The van der Waals surface area contributed by atoms with Crippen LogP contribution < -0.4 is 10.1 Å². The molecule has 2 aromatic rings. The Hall–Kier alpha value is -2.73. The smallest absolute Gasteiger partial charge is 0.234 e. The van der Waals surface area contributed by atoms with Crippen molar-refractivity contribution in [3.05, 3.63) is 65.5 Å². The Morgan fingerprint density at radius 1 is 1.07 bits per heavy atom. The number of carbonyl (C=O) groups excluding carboxylic acids is 2. The quantitative estimate of drug-likeness (QED) is 0.746. The highest BCUT2D eigenvalue weighted by Crippen LogP contribution is 2.23. The summed E-state index contributed by atoms with van der Waals surface area (Å²) in [5.41, 5.74) is 1.56. The van der Waals surface area contributed by atoms with E-state index in [0.717, 1.165) is 37.2 Å². The predicted octanol–water partition coefficient (Wildman–Crippen LogP) is 3.05. The summed E-state index contributed by atoms with van der Waals surface area (Å²) >= 11 is 0. The largest absolute Gasteiger partial charge is 0.497 e. The molecule has 5 nitrogen and oxygen atoms in total. The zero-order valence-corrected chi connectivity index (χ0v) is 16.0. The Kier molecular flexibility index (Phi) is 6.76. The molecule has 0 aromatic heterocycles. The van der Waals surface area contributed by atoms with E-state index in [9.17, 15) is 14.0 Å². The fourth-order valence-electron chi connectivity index (χ4n) is 3.41. The molecule has 1 aliphatic heterocycles. The number of hydrogen-bond acceptors (Lipinski definition) is 4. The number of Topliss-reactive ketones (excluding diaryl/α,β-unsaturated/α-hetero) is 1. The fourth-order valence-corrected chi connectivity index (χ4v) is 3.41. The van der Waals surface area contributed by atoms with E-state index in [1.807, 2.05) is 0 Å². The number of ketones is 1. The van der Waals surface area contributed by atoms with Crippen molar-refractivity contribution >= 4 is 11.7 Å². The lowest BCUT2D eigenvalue weighted by Gasteiger charge is -2.30. The number of likely N-dealkylation sites (tertiary alicyclic amines) is 1. The van der Waals surface area contributed by atoms with E-state index in [2.05, 4.69) is 10.2 Å². The molecule has 1 aliphatic rings. The molecule has 3 rings (SSSR count). The van der Waals surface area contributed by atoms with Gasteiger partial charge in [-0.05, 0) is 67.9 Å². The Balaban J connectivity index is 1.42. The van der Waals surface area contributed by atoms with Crippen LogP contribution in [0.3, 0.4) is 0 Å². The summed E-state index contributed by atoms with van der Waals surface area (Å²) in [5.74, 6) is 0.527. The van der Waals surface area contributed by atoms with Gasteiger partial charge >= 0.3 is 0 Å². The highest BCUT2D eigenvalue weighted by molar-refractivity contribution is 5.98. The molecule has 0 unspecified atom stereocenters. The minimum absolute atomic E-state index is 0.00748. The molecule has 0 atom stereocenters. The molecule has 1 fully saturated rings. The number of nitrogens with zero attached hydrogens (tertiary/aromatic N) is 1. The zero-order chi connectivity index (χ0) is 19.9. The van der Waals surface area contributed by atoms with Gasteiger partial charge in [0.15, 0.2) is 5.78 Å². The van der Waals surface area contributed by atoms with Gasteiger partial charge in [-0.1, -0.05) is 12.1 Å². The Bertz CT molecular complexity index is 798. The average Bonchev–Trinajstić information content (AvgIpc) is 2.73. The second-order valence-corrected chi connectivity index (χ2v) is 7.05. The lowest BCUT2D eigenvalue weighted by Crippen LogP contribution is -2.42. The fraction of sp³-hybridized carbons (Fsp3) is 0.364. The van der Waals surface area contributed by atoms with Crippen molar-refractivity contribution in [3.63, 3.8) is 0 Å². The van der Waals surface area contributed by atoms with Crippen molar-refractivity contribution in [1.29, 1.82) is 0 Å². The first-order valence-electron chi connectivity index (χ1n) is 9.47. The van der Waals surface area contributed by atoms with Crippen LogP contribution in [0.25, 0.3) is 0 Å². The maximum Gasteiger partial charge on any atom is 0.234 e. The minimum Gasteiger partial charge on any atom is -0.497 e. The van der Waals surface area contributed by atoms with E-state index in [0.29, 0.717) is 18.7 Å². The third-order valence-corrected chi connectivity index (χ3v) is 5.10. The van der Waals surface area contributed by atoms with Crippen LogP contribution in [0.5, 0.6) is 5.75 Å². The molecule has 0 saturated carbocycles. The molecule has 1 saturated heterocycles. The van der Waals surface area contributed by atoms with E-state index in [1.165, 1.54) is 12.1 Å². The number of amides is 1. The number of benzene rings is 2. The Labute approximate surface area is 164 Å². The maximum atomic E-state index is 12.9. The highest BCUT2D eigenvalue weighted by Gasteiger charge is 2.26. The summed E-state index contributed by atoms with van der Waals surface area (Å²) < 4.78 is 18.0. The van der Waals surface area contributed by atoms with Crippen LogP contribution in [-0.4, -0.2) is 43.3 Å². The van der Waals surface area contributed by atoms with Crippen LogP contribution in [-0.2, 0) is 11.3 Å². The van der Waals surface area contributed by atoms with Gasteiger partial charge in [0, 0.05) is 18.0 Å². The van der Waals surface area contributed by atoms with Gasteiger partial charge in [-0.15, -0.1) is 0 Å². The first-order chi connectivity index (χ1) is 13.5. The molecule has 1 N–H and O–H groups in total. The average molecular weight is 384 g/mol. The van der Waals surface area contributed by atoms with Crippen molar-refractivity contribution in [2.75, 3.05) is 26.7 Å². The monoisotopic (exact) mass is 384 g/mol. The molecule has 0 radical (unpaired) electrons. The second-order valence-electron chi connectivity index (χ2n) is 7.05. The lowest BCUT2D eigenvalue weighted by atomic mass is 9.89. The van der Waals surface area contributed by atoms with Gasteiger partial charge in [-0.3, -0.25) is 14.5 Å². The van der Waals surface area contributed by atoms with Gasteiger partial charge in [-0.25, -0.2) is 4.39 Å². The number of nitrogens with one attached hydrogen (secondary N) is 1. The summed E-state index contributed by atoms with van der Waals surface area (Å²) in [6, 6.07) is 13.3. The first-order valence-corrected chi connectivity index (χ1v) is 9.47. The van der Waals surface area contributed by atoms with Gasteiger partial charge < -0.3 is 10.1 Å². The van der Waals surface area contributed by atoms with Crippen LogP contribution in [0.1, 0.15) is 28.8 Å². The van der Waals surface area contributed by atoms with E-state index >= 15 is 0 Å². The summed E-state index contributed by atoms with van der Waals surface area (Å²) in [6.45, 7) is 2.13. The molecular weight excluding hydrogens is 359 g/mol. The van der Waals surface area contributed by atoms with Gasteiger partial charge in [-0.2, -0.15) is 0 Å². The van der Waals surface area contributed by atoms with Crippen molar-refractivity contribution in [1.82, 2.24) is 10.2 Å². The molecule has 0 aliphatic carbocycles. The van der Waals surface area contributed by atoms with Crippen molar-refractivity contribution in [3.8, 4) is 5.75 Å². The second kappa shape index (κ2) is 9.46. The van der Waals surface area contributed by atoms with E-state index < -0.39 is 0 Å². The summed E-state index contributed by atoms with van der Waals surface area (Å²) in [7, 11) is 1.60. The predicted molar refractivity (Wildman–Crippen MR) is 105 cm³/mol. The molecule has 0 bridgehead atoms. The van der Waals surface area contributed by atoms with Crippen LogP contribution in [0.2, 0.25) is 0 Å². The normalized spacial score (nSPS) is 15.2. The Morgan fingerprint density at radius 3 is 2.32 bits per heavy atom. The van der Waals surface area contributed by atoms with E-state index in [-0.39, 0.29) is 23.4 Å². The number of halogens is 1. The van der Waals surface area contributed by atoms with Crippen LogP contribution >= 0.6 is 0 Å². The minimum atomic E-state index is -0.290. The number of methoxy groups -OCH3 is 1. The first kappa shape index (κ1) is 20.0. The van der Waals surface area contributed by atoms with Crippen molar-refractivity contribution in [2.45, 2.75) is 19.4 Å².